The van der Waals surface area contributed by atoms with Gasteiger partial charge in [-0.25, -0.2) is 0 Å². The quantitative estimate of drug-likeness (QED) is 0.392. The minimum Gasteiger partial charge on any atom is -0.379 e. The summed E-state index contributed by atoms with van der Waals surface area (Å²) in [6.45, 7) is 7.63. The average molecular weight is 494 g/mol. The number of carbonyl (C=O) groups excluding carboxylic acids is 1. The van der Waals surface area contributed by atoms with Crippen LogP contribution in [0.3, 0.4) is 0 Å². The highest BCUT2D eigenvalue weighted by Crippen LogP contribution is 2.31. The number of ether oxygens (including phenoxy) is 1. The summed E-state index contributed by atoms with van der Waals surface area (Å²) in [5.41, 5.74) is 3.81. The molecule has 0 saturated carbocycles. The second-order valence-corrected chi connectivity index (χ2v) is 9.49. The van der Waals surface area contributed by atoms with Gasteiger partial charge >= 0.3 is 0 Å². The third-order valence-electron chi connectivity index (χ3n) is 6.31. The van der Waals surface area contributed by atoms with Crippen molar-refractivity contribution < 1.29 is 14.4 Å². The number of morpholine rings is 1. The van der Waals surface area contributed by atoms with Crippen molar-refractivity contribution in [3.05, 3.63) is 46.6 Å². The number of benzene rings is 1. The predicted octanol–water partition coefficient (Wildman–Crippen LogP) is 1.81. The van der Waals surface area contributed by atoms with E-state index in [-0.39, 0.29) is 5.91 Å². The Hall–Kier alpha value is -1.91. The Balaban J connectivity index is 1.17. The van der Waals surface area contributed by atoms with Crippen molar-refractivity contribution in [2.75, 3.05) is 52.5 Å². The van der Waals surface area contributed by atoms with Gasteiger partial charge in [0.1, 0.15) is 11.3 Å². The van der Waals surface area contributed by atoms with Gasteiger partial charge in [-0.05, 0) is 49.0 Å². The Kier molecular flexibility index (Phi) is 8.43. The summed E-state index contributed by atoms with van der Waals surface area (Å²) >= 11 is 11.5. The minimum absolute atomic E-state index is 0.179. The van der Waals surface area contributed by atoms with Crippen LogP contribution in [0, 0.1) is 0 Å². The summed E-state index contributed by atoms with van der Waals surface area (Å²) in [6, 6.07) is 7.41. The predicted molar refractivity (Wildman–Crippen MR) is 132 cm³/mol. The molecular formula is C23H32ClN5O3S. The van der Waals surface area contributed by atoms with Gasteiger partial charge in [-0.3, -0.25) is 20.0 Å². The molecule has 1 aromatic carbocycles. The van der Waals surface area contributed by atoms with Gasteiger partial charge in [0.2, 0.25) is 0 Å². The zero-order valence-corrected chi connectivity index (χ0v) is 20.3. The van der Waals surface area contributed by atoms with Gasteiger partial charge in [-0.2, -0.15) is 0 Å². The molecule has 3 aliphatic rings. The third kappa shape index (κ3) is 6.80. The molecule has 1 spiro atoms. The molecule has 0 unspecified atom stereocenters. The van der Waals surface area contributed by atoms with Crippen LogP contribution in [-0.2, 0) is 20.9 Å². The Bertz CT molecular complexity index is 852. The van der Waals surface area contributed by atoms with Gasteiger partial charge in [0, 0.05) is 57.1 Å². The molecule has 180 valence electrons. The van der Waals surface area contributed by atoms with Crippen LogP contribution in [0.25, 0.3) is 0 Å². The first-order valence-corrected chi connectivity index (χ1v) is 12.3. The first-order valence-electron chi connectivity index (χ1n) is 11.6. The normalized spacial score (nSPS) is 20.3. The lowest BCUT2D eigenvalue weighted by Gasteiger charge is -2.38. The second-order valence-electron chi connectivity index (χ2n) is 8.66. The summed E-state index contributed by atoms with van der Waals surface area (Å²) < 4.78 is 5.39. The molecule has 10 heteroatoms. The van der Waals surface area contributed by atoms with Crippen LogP contribution in [0.15, 0.2) is 36.0 Å². The van der Waals surface area contributed by atoms with E-state index in [0.717, 1.165) is 82.4 Å². The second kappa shape index (κ2) is 11.5. The Labute approximate surface area is 205 Å². The number of amides is 1. The van der Waals surface area contributed by atoms with E-state index in [1.165, 1.54) is 0 Å². The van der Waals surface area contributed by atoms with Gasteiger partial charge in [0.25, 0.3) is 5.91 Å². The summed E-state index contributed by atoms with van der Waals surface area (Å²) in [6.07, 6.45) is 4.51. The number of likely N-dealkylation sites (tertiary alicyclic amines) is 1. The average Bonchev–Trinajstić information content (AvgIpc) is 3.26. The number of nitrogens with zero attached hydrogens (tertiary/aromatic N) is 2. The van der Waals surface area contributed by atoms with Crippen molar-refractivity contribution in [3.8, 4) is 0 Å². The number of nitrogens with one attached hydrogen (secondary N) is 3. The first kappa shape index (κ1) is 24.2. The maximum Gasteiger partial charge on any atom is 0.269 e. The highest BCUT2D eigenvalue weighted by molar-refractivity contribution is 7.80. The van der Waals surface area contributed by atoms with Crippen molar-refractivity contribution in [1.29, 1.82) is 0 Å². The fourth-order valence-electron chi connectivity index (χ4n) is 4.24. The van der Waals surface area contributed by atoms with E-state index in [2.05, 4.69) is 25.9 Å². The Morgan fingerprint density at radius 2 is 1.85 bits per heavy atom. The highest BCUT2D eigenvalue weighted by Gasteiger charge is 2.40. The van der Waals surface area contributed by atoms with Crippen molar-refractivity contribution in [2.24, 2.45) is 0 Å². The molecule has 2 saturated heterocycles. The summed E-state index contributed by atoms with van der Waals surface area (Å²) in [5, 5.41) is 7.78. The third-order valence-corrected chi connectivity index (χ3v) is 6.97. The maximum atomic E-state index is 12.5. The van der Waals surface area contributed by atoms with Crippen LogP contribution < -0.4 is 16.1 Å². The fourth-order valence-corrected chi connectivity index (χ4v) is 4.65. The number of hydrogen-bond acceptors (Lipinski definition) is 6. The zero-order valence-electron chi connectivity index (χ0n) is 18.8. The molecule has 3 aliphatic heterocycles. The number of carbonyl (C=O) groups is 1. The van der Waals surface area contributed by atoms with Gasteiger partial charge in [0.15, 0.2) is 5.11 Å². The van der Waals surface area contributed by atoms with E-state index < -0.39 is 5.60 Å². The van der Waals surface area contributed by atoms with Crippen LogP contribution in [0.1, 0.15) is 24.8 Å². The van der Waals surface area contributed by atoms with E-state index in [4.69, 9.17) is 33.4 Å². The van der Waals surface area contributed by atoms with E-state index >= 15 is 0 Å². The molecular weight excluding hydrogens is 462 g/mol. The number of thiocarbonyl (C=S) groups is 1. The monoisotopic (exact) mass is 493 g/mol. The summed E-state index contributed by atoms with van der Waals surface area (Å²) in [7, 11) is 0. The van der Waals surface area contributed by atoms with Crippen LogP contribution in [-0.4, -0.2) is 78.9 Å². The van der Waals surface area contributed by atoms with Gasteiger partial charge in [0.05, 0.1) is 13.2 Å². The van der Waals surface area contributed by atoms with Crippen LogP contribution >= 0.6 is 23.8 Å². The van der Waals surface area contributed by atoms with E-state index in [1.54, 1.807) is 0 Å². The van der Waals surface area contributed by atoms with Crippen molar-refractivity contribution in [2.45, 2.75) is 31.4 Å². The molecule has 1 aromatic rings. The molecule has 0 radical (unpaired) electrons. The molecule has 3 heterocycles. The minimum atomic E-state index is -0.463. The first-order chi connectivity index (χ1) is 16.0. The lowest BCUT2D eigenvalue weighted by molar-refractivity contribution is -0.120. The number of hydrogen-bond donors (Lipinski definition) is 3. The molecule has 8 nitrogen and oxygen atoms in total. The van der Waals surface area contributed by atoms with E-state index in [9.17, 15) is 4.79 Å². The lowest BCUT2D eigenvalue weighted by Crippen LogP contribution is -2.50. The molecule has 33 heavy (non-hydrogen) atoms. The molecule has 0 atom stereocenters. The van der Waals surface area contributed by atoms with Crippen LogP contribution in [0.4, 0.5) is 0 Å². The van der Waals surface area contributed by atoms with Crippen molar-refractivity contribution in [1.82, 2.24) is 25.9 Å². The summed E-state index contributed by atoms with van der Waals surface area (Å²) in [4.78, 5) is 23.0. The summed E-state index contributed by atoms with van der Waals surface area (Å²) in [5.74, 6) is -0.179. The smallest absolute Gasteiger partial charge is 0.269 e. The maximum absolute atomic E-state index is 12.5. The Morgan fingerprint density at radius 3 is 2.58 bits per heavy atom. The van der Waals surface area contributed by atoms with Crippen LogP contribution in [0.2, 0.25) is 5.02 Å². The Morgan fingerprint density at radius 1 is 1.12 bits per heavy atom. The van der Waals surface area contributed by atoms with E-state index in [0.29, 0.717) is 17.3 Å². The molecule has 2 fully saturated rings. The van der Waals surface area contributed by atoms with Gasteiger partial charge in [-0.15, -0.1) is 0 Å². The van der Waals surface area contributed by atoms with Gasteiger partial charge in [-0.1, -0.05) is 23.7 Å². The zero-order chi connectivity index (χ0) is 23.1. The molecule has 0 aliphatic carbocycles. The van der Waals surface area contributed by atoms with Crippen molar-refractivity contribution >= 4 is 34.8 Å². The molecule has 1 amide bonds. The fraction of sp³-hybridized carbons (Fsp3) is 0.565. The SMILES string of the molecule is O=C(NCc1ccc(Cl)cc1)C1=CC2(CCN(C(=S)NCCCN3CCOCC3)CC2)ON1. The van der Waals surface area contributed by atoms with Crippen LogP contribution in [0.5, 0.6) is 0 Å². The number of hydroxylamine groups is 1. The van der Waals surface area contributed by atoms with Crippen molar-refractivity contribution in [3.63, 3.8) is 0 Å². The molecule has 3 N–H and O–H groups in total. The topological polar surface area (TPSA) is 78.1 Å². The largest absolute Gasteiger partial charge is 0.379 e. The number of piperidine rings is 1. The lowest BCUT2D eigenvalue weighted by atomic mass is 9.91. The molecule has 0 bridgehead atoms. The standard InChI is InChI=1S/C23H32ClN5O3S/c24-19-4-2-18(3-5-19)17-26-21(30)20-16-23(32-27-20)6-10-29(11-7-23)22(33)25-8-1-9-28-12-14-31-15-13-28/h2-5,16,27H,1,6-15,17H2,(H,25,33)(H,26,30). The highest BCUT2D eigenvalue weighted by atomic mass is 35.5. The molecule has 4 rings (SSSR count). The number of halogens is 1. The van der Waals surface area contributed by atoms with E-state index in [1.807, 2.05) is 30.3 Å². The number of rotatable bonds is 7. The molecule has 0 aromatic heterocycles. The van der Waals surface area contributed by atoms with Gasteiger partial charge < -0.3 is 20.3 Å².